The maximum Gasteiger partial charge on any atom is 0.222 e. The summed E-state index contributed by atoms with van der Waals surface area (Å²) in [4.78, 5) is 10.4. The summed E-state index contributed by atoms with van der Waals surface area (Å²) < 4.78 is 5.11. The largest absolute Gasteiger partial charge is 0.381 e. The number of carbonyl (C=O) groups excluding carboxylic acids is 1. The van der Waals surface area contributed by atoms with Crippen LogP contribution in [0.3, 0.4) is 0 Å². The molecule has 0 aromatic heterocycles. The van der Waals surface area contributed by atoms with E-state index >= 15 is 0 Å². The first-order valence-electron chi connectivity index (χ1n) is 5.36. The molecule has 1 fully saturated rings. The van der Waals surface area contributed by atoms with E-state index in [2.05, 4.69) is 5.32 Å². The SMILES string of the molecule is CNC(=O)C(C)C.COC1CCCC1. The molecular formula is C11H23NO2. The molecule has 1 aliphatic rings. The second-order valence-corrected chi connectivity index (χ2v) is 3.91. The lowest BCUT2D eigenvalue weighted by Gasteiger charge is -2.02. The van der Waals surface area contributed by atoms with Gasteiger partial charge >= 0.3 is 0 Å². The minimum atomic E-state index is 0.0972. The molecule has 3 heteroatoms. The second-order valence-electron chi connectivity index (χ2n) is 3.91. The quantitative estimate of drug-likeness (QED) is 0.741. The molecule has 3 nitrogen and oxygen atoms in total. The van der Waals surface area contributed by atoms with Crippen molar-refractivity contribution in [2.75, 3.05) is 14.2 Å². The zero-order valence-corrected chi connectivity index (χ0v) is 9.80. The minimum Gasteiger partial charge on any atom is -0.381 e. The van der Waals surface area contributed by atoms with E-state index in [4.69, 9.17) is 4.74 Å². The average Bonchev–Trinajstić information content (AvgIpc) is 2.69. The van der Waals surface area contributed by atoms with Crippen LogP contribution in [0.1, 0.15) is 39.5 Å². The van der Waals surface area contributed by atoms with Gasteiger partial charge in [0.25, 0.3) is 0 Å². The Hall–Kier alpha value is -0.570. The molecule has 1 saturated carbocycles. The van der Waals surface area contributed by atoms with Gasteiger partial charge in [0.1, 0.15) is 0 Å². The Morgan fingerprint density at radius 3 is 2.00 bits per heavy atom. The Bertz CT molecular complexity index is 151. The van der Waals surface area contributed by atoms with Crippen molar-refractivity contribution in [1.29, 1.82) is 0 Å². The van der Waals surface area contributed by atoms with Crippen LogP contribution < -0.4 is 5.32 Å². The summed E-state index contributed by atoms with van der Waals surface area (Å²) in [6, 6.07) is 0. The molecule has 0 aromatic rings. The van der Waals surface area contributed by atoms with Crippen molar-refractivity contribution in [3.05, 3.63) is 0 Å². The van der Waals surface area contributed by atoms with Crippen LogP contribution in [0.4, 0.5) is 0 Å². The Balaban J connectivity index is 0.000000241. The highest BCUT2D eigenvalue weighted by Gasteiger charge is 2.12. The third-order valence-corrected chi connectivity index (χ3v) is 2.41. The molecule has 0 atom stereocenters. The smallest absolute Gasteiger partial charge is 0.222 e. The Labute approximate surface area is 87.2 Å². The van der Waals surface area contributed by atoms with Crippen LogP contribution in [0.15, 0.2) is 0 Å². The molecule has 0 bridgehead atoms. The number of methoxy groups -OCH3 is 1. The lowest BCUT2D eigenvalue weighted by molar-refractivity contribution is -0.123. The van der Waals surface area contributed by atoms with Crippen molar-refractivity contribution in [2.24, 2.45) is 5.92 Å². The van der Waals surface area contributed by atoms with Crippen molar-refractivity contribution in [3.63, 3.8) is 0 Å². The topological polar surface area (TPSA) is 38.3 Å². The predicted molar refractivity (Wildman–Crippen MR) is 58.2 cm³/mol. The highest BCUT2D eigenvalue weighted by Crippen LogP contribution is 2.19. The van der Waals surface area contributed by atoms with Gasteiger partial charge in [-0.05, 0) is 12.8 Å². The number of rotatable bonds is 2. The molecule has 0 saturated heterocycles. The predicted octanol–water partition coefficient (Wildman–Crippen LogP) is 1.96. The fourth-order valence-electron chi connectivity index (χ4n) is 1.41. The van der Waals surface area contributed by atoms with Crippen LogP contribution in [0.2, 0.25) is 0 Å². The molecule has 0 aromatic carbocycles. The van der Waals surface area contributed by atoms with Crippen molar-refractivity contribution >= 4 is 5.91 Å². The summed E-state index contributed by atoms with van der Waals surface area (Å²) in [5.74, 6) is 0.213. The van der Waals surface area contributed by atoms with E-state index in [1.165, 1.54) is 25.7 Å². The summed E-state index contributed by atoms with van der Waals surface area (Å²) in [5, 5.41) is 2.53. The number of hydrogen-bond donors (Lipinski definition) is 1. The lowest BCUT2D eigenvalue weighted by atomic mass is 10.2. The fraction of sp³-hybridized carbons (Fsp3) is 0.909. The normalized spacial score (nSPS) is 16.4. The third-order valence-electron chi connectivity index (χ3n) is 2.41. The summed E-state index contributed by atoms with van der Waals surface area (Å²) in [6.07, 6.45) is 5.92. The van der Waals surface area contributed by atoms with Crippen LogP contribution in [-0.4, -0.2) is 26.2 Å². The first-order chi connectivity index (χ1) is 6.61. The van der Waals surface area contributed by atoms with E-state index in [9.17, 15) is 4.79 Å². The molecule has 1 N–H and O–H groups in total. The van der Waals surface area contributed by atoms with Crippen molar-refractivity contribution in [3.8, 4) is 0 Å². The lowest BCUT2D eigenvalue weighted by Crippen LogP contribution is -2.22. The molecule has 0 heterocycles. The van der Waals surface area contributed by atoms with Crippen molar-refractivity contribution < 1.29 is 9.53 Å². The van der Waals surface area contributed by atoms with E-state index in [1.54, 1.807) is 14.2 Å². The van der Waals surface area contributed by atoms with Gasteiger partial charge in [0.05, 0.1) is 6.10 Å². The molecule has 0 radical (unpaired) electrons. The molecule has 0 unspecified atom stereocenters. The van der Waals surface area contributed by atoms with E-state index in [1.807, 2.05) is 13.8 Å². The Morgan fingerprint density at radius 2 is 1.86 bits per heavy atom. The highest BCUT2D eigenvalue weighted by molar-refractivity contribution is 5.77. The monoisotopic (exact) mass is 201 g/mol. The summed E-state index contributed by atoms with van der Waals surface area (Å²) in [5.41, 5.74) is 0. The average molecular weight is 201 g/mol. The Kier molecular flexibility index (Phi) is 7.48. The van der Waals surface area contributed by atoms with E-state index < -0.39 is 0 Å². The van der Waals surface area contributed by atoms with Crippen LogP contribution in [0.5, 0.6) is 0 Å². The van der Waals surface area contributed by atoms with Gasteiger partial charge in [-0.25, -0.2) is 0 Å². The van der Waals surface area contributed by atoms with Crippen molar-refractivity contribution in [1.82, 2.24) is 5.32 Å². The van der Waals surface area contributed by atoms with Crippen molar-refractivity contribution in [2.45, 2.75) is 45.6 Å². The molecule has 14 heavy (non-hydrogen) atoms. The maximum absolute atomic E-state index is 10.4. The fourth-order valence-corrected chi connectivity index (χ4v) is 1.41. The minimum absolute atomic E-state index is 0.0972. The number of hydrogen-bond acceptors (Lipinski definition) is 2. The van der Waals surface area contributed by atoms with Crippen LogP contribution >= 0.6 is 0 Å². The summed E-state index contributed by atoms with van der Waals surface area (Å²) >= 11 is 0. The zero-order chi connectivity index (χ0) is 11.0. The number of amides is 1. The second kappa shape index (κ2) is 7.80. The molecule has 1 amide bonds. The van der Waals surface area contributed by atoms with Gasteiger partial charge in [0.15, 0.2) is 0 Å². The number of carbonyl (C=O) groups is 1. The first kappa shape index (κ1) is 13.4. The van der Waals surface area contributed by atoms with E-state index in [-0.39, 0.29) is 11.8 Å². The molecule has 0 spiro atoms. The highest BCUT2D eigenvalue weighted by atomic mass is 16.5. The van der Waals surface area contributed by atoms with Gasteiger partial charge < -0.3 is 10.1 Å². The maximum atomic E-state index is 10.4. The van der Waals surface area contributed by atoms with Crippen LogP contribution in [0.25, 0.3) is 0 Å². The van der Waals surface area contributed by atoms with Gasteiger partial charge in [-0.3, -0.25) is 4.79 Å². The van der Waals surface area contributed by atoms with Gasteiger partial charge in [-0.2, -0.15) is 0 Å². The number of nitrogens with one attached hydrogen (secondary N) is 1. The third kappa shape index (κ3) is 5.97. The van der Waals surface area contributed by atoms with Gasteiger partial charge in [-0.15, -0.1) is 0 Å². The van der Waals surface area contributed by atoms with Crippen LogP contribution in [-0.2, 0) is 9.53 Å². The summed E-state index contributed by atoms with van der Waals surface area (Å²) in [6.45, 7) is 3.72. The zero-order valence-electron chi connectivity index (χ0n) is 9.80. The van der Waals surface area contributed by atoms with Gasteiger partial charge in [-0.1, -0.05) is 26.7 Å². The molecule has 1 aliphatic carbocycles. The standard InChI is InChI=1S/C6H12O.C5H11NO/c1-7-6-4-2-3-5-6;1-4(2)5(7)6-3/h6H,2-5H2,1H3;4H,1-3H3,(H,6,7). The Morgan fingerprint density at radius 1 is 1.36 bits per heavy atom. The summed E-state index contributed by atoms with van der Waals surface area (Å²) in [7, 11) is 3.44. The van der Waals surface area contributed by atoms with Gasteiger partial charge in [0, 0.05) is 20.1 Å². The first-order valence-corrected chi connectivity index (χ1v) is 5.36. The van der Waals surface area contributed by atoms with E-state index in [0.717, 1.165) is 0 Å². The van der Waals surface area contributed by atoms with Gasteiger partial charge in [0.2, 0.25) is 5.91 Å². The van der Waals surface area contributed by atoms with E-state index in [0.29, 0.717) is 6.10 Å². The molecule has 0 aliphatic heterocycles. The molecular weight excluding hydrogens is 178 g/mol. The van der Waals surface area contributed by atoms with Crippen LogP contribution in [0, 0.1) is 5.92 Å². The number of ether oxygens (including phenoxy) is 1. The molecule has 1 rings (SSSR count). The molecule has 84 valence electrons.